The molecule has 1 aliphatic heterocycles. The van der Waals surface area contributed by atoms with Gasteiger partial charge in [0.25, 0.3) is 0 Å². The van der Waals surface area contributed by atoms with E-state index in [1.165, 1.54) is 0 Å². The molecule has 0 unspecified atom stereocenters. The van der Waals surface area contributed by atoms with Gasteiger partial charge in [-0.05, 0) is 41.3 Å². The summed E-state index contributed by atoms with van der Waals surface area (Å²) in [6.45, 7) is 0. The first-order valence-corrected chi connectivity index (χ1v) is 9.42. The lowest BCUT2D eigenvalue weighted by molar-refractivity contribution is -0.231. The third-order valence-electron chi connectivity index (χ3n) is 5.00. The minimum absolute atomic E-state index is 0.519. The first-order chi connectivity index (χ1) is 13.8. The third kappa shape index (κ3) is 4.55. The maximum atomic E-state index is 11.9. The third-order valence-corrected chi connectivity index (χ3v) is 5.37. The number of aliphatic hydroxyl groups excluding tert-OH is 3. The van der Waals surface area contributed by atoms with Crippen LogP contribution in [0, 0.1) is 0 Å². The molecule has 1 fully saturated rings. The van der Waals surface area contributed by atoms with Crippen LogP contribution in [0.5, 0.6) is 5.75 Å². The number of methoxy groups -OCH3 is 2. The van der Waals surface area contributed by atoms with Crippen molar-refractivity contribution in [2.45, 2.75) is 36.9 Å². The van der Waals surface area contributed by atoms with E-state index in [-0.39, 0.29) is 0 Å². The Morgan fingerprint density at radius 3 is 2.34 bits per heavy atom. The molecule has 0 aliphatic carbocycles. The van der Waals surface area contributed by atoms with Gasteiger partial charge in [-0.25, -0.2) is 4.79 Å². The van der Waals surface area contributed by atoms with Gasteiger partial charge in [0.15, 0.2) is 6.10 Å². The van der Waals surface area contributed by atoms with Gasteiger partial charge in [0, 0.05) is 5.02 Å². The summed E-state index contributed by atoms with van der Waals surface area (Å²) in [6, 6.07) is 12.6. The van der Waals surface area contributed by atoms with E-state index in [1.54, 1.807) is 25.3 Å². The summed E-state index contributed by atoms with van der Waals surface area (Å²) < 4.78 is 15.4. The average Bonchev–Trinajstić information content (AvgIpc) is 2.74. The Balaban J connectivity index is 1.87. The van der Waals surface area contributed by atoms with Crippen molar-refractivity contribution in [1.29, 1.82) is 0 Å². The molecule has 2 aromatic carbocycles. The second kappa shape index (κ2) is 9.11. The summed E-state index contributed by atoms with van der Waals surface area (Å²) >= 11 is 6.34. The van der Waals surface area contributed by atoms with Gasteiger partial charge in [0.1, 0.15) is 30.2 Å². The Morgan fingerprint density at radius 2 is 1.72 bits per heavy atom. The van der Waals surface area contributed by atoms with Crippen molar-refractivity contribution in [3.63, 3.8) is 0 Å². The van der Waals surface area contributed by atoms with Crippen LogP contribution in [-0.4, -0.2) is 59.9 Å². The van der Waals surface area contributed by atoms with E-state index >= 15 is 0 Å². The maximum absolute atomic E-state index is 11.9. The summed E-state index contributed by atoms with van der Waals surface area (Å²) in [5.74, 6) is -0.0883. The zero-order chi connectivity index (χ0) is 21.1. The van der Waals surface area contributed by atoms with E-state index in [0.717, 1.165) is 24.0 Å². The number of carbonyl (C=O) groups excluding carboxylic acids is 1. The normalized spacial score (nSPS) is 26.8. The van der Waals surface area contributed by atoms with Crippen LogP contribution in [0.4, 0.5) is 0 Å². The molecule has 2 aromatic rings. The molecule has 1 aliphatic rings. The highest BCUT2D eigenvalue weighted by atomic mass is 35.5. The lowest BCUT2D eigenvalue weighted by atomic mass is 9.90. The lowest BCUT2D eigenvalue weighted by Gasteiger charge is -2.39. The summed E-state index contributed by atoms with van der Waals surface area (Å²) in [5.41, 5.74) is 2.29. The molecule has 0 aromatic heterocycles. The minimum atomic E-state index is -1.60. The quantitative estimate of drug-likeness (QED) is 0.629. The molecule has 29 heavy (non-hydrogen) atoms. The number of esters is 1. The van der Waals surface area contributed by atoms with Crippen LogP contribution in [0.25, 0.3) is 0 Å². The number of rotatable bonds is 5. The molecule has 0 amide bonds. The minimum Gasteiger partial charge on any atom is -0.497 e. The molecule has 0 radical (unpaired) electrons. The van der Waals surface area contributed by atoms with Crippen molar-refractivity contribution in [2.24, 2.45) is 0 Å². The first kappa shape index (κ1) is 21.5. The van der Waals surface area contributed by atoms with Gasteiger partial charge in [-0.15, -0.1) is 0 Å². The lowest BCUT2D eigenvalue weighted by Crippen LogP contribution is -2.56. The van der Waals surface area contributed by atoms with Gasteiger partial charge in [-0.1, -0.05) is 35.9 Å². The second-order valence-corrected chi connectivity index (χ2v) is 7.26. The van der Waals surface area contributed by atoms with Crippen LogP contribution in [-0.2, 0) is 20.7 Å². The molecule has 0 spiro atoms. The SMILES string of the molecule is COC(=O)[C@H]1O[C@@H](c2ccc(Cl)c(Cc3ccc(OC)cc3)c2)[C@H](O)[C@@H](O)[C@@H]1O. The number of hydrogen-bond acceptors (Lipinski definition) is 7. The Bertz CT molecular complexity index is 855. The van der Waals surface area contributed by atoms with Crippen molar-refractivity contribution in [2.75, 3.05) is 14.2 Å². The Morgan fingerprint density at radius 1 is 1.03 bits per heavy atom. The zero-order valence-corrected chi connectivity index (χ0v) is 16.7. The molecule has 1 heterocycles. The molecule has 5 atom stereocenters. The van der Waals surface area contributed by atoms with Gasteiger partial charge in [-0.3, -0.25) is 0 Å². The average molecular weight is 423 g/mol. The molecule has 7 nitrogen and oxygen atoms in total. The standard InChI is InChI=1S/C21H23ClO7/c1-27-14-6-3-11(4-7-14)9-13-10-12(5-8-15(13)22)19-17(24)16(23)18(25)20(29-19)21(26)28-2/h3-8,10,16-20,23-25H,9H2,1-2H3/t16-,17-,18+,19+,20+/m1/s1. The first-order valence-electron chi connectivity index (χ1n) is 9.04. The fraction of sp³-hybridized carbons (Fsp3) is 0.381. The molecule has 1 saturated heterocycles. The smallest absolute Gasteiger partial charge is 0.337 e. The zero-order valence-electron chi connectivity index (χ0n) is 16.0. The molecular formula is C21H23ClO7. The van der Waals surface area contributed by atoms with Gasteiger partial charge in [0.05, 0.1) is 14.2 Å². The predicted octanol–water partition coefficient (Wildman–Crippen LogP) is 1.63. The number of carbonyl (C=O) groups is 1. The molecule has 3 N–H and O–H groups in total. The highest BCUT2D eigenvalue weighted by Crippen LogP contribution is 2.35. The second-order valence-electron chi connectivity index (χ2n) is 6.85. The van der Waals surface area contributed by atoms with Crippen molar-refractivity contribution in [1.82, 2.24) is 0 Å². The number of hydrogen-bond donors (Lipinski definition) is 3. The maximum Gasteiger partial charge on any atom is 0.337 e. The number of benzene rings is 2. The van der Waals surface area contributed by atoms with Crippen molar-refractivity contribution in [3.05, 3.63) is 64.2 Å². The van der Waals surface area contributed by atoms with E-state index in [2.05, 4.69) is 4.74 Å². The fourth-order valence-corrected chi connectivity index (χ4v) is 3.52. The summed E-state index contributed by atoms with van der Waals surface area (Å²) in [6.07, 6.45) is -6.53. The van der Waals surface area contributed by atoms with Crippen LogP contribution in [0.1, 0.15) is 22.8 Å². The fourth-order valence-electron chi connectivity index (χ4n) is 3.34. The van der Waals surface area contributed by atoms with Gasteiger partial charge in [-0.2, -0.15) is 0 Å². The molecular weight excluding hydrogens is 400 g/mol. The van der Waals surface area contributed by atoms with E-state index in [9.17, 15) is 20.1 Å². The van der Waals surface area contributed by atoms with Crippen LogP contribution in [0.15, 0.2) is 42.5 Å². The van der Waals surface area contributed by atoms with E-state index < -0.39 is 36.5 Å². The number of aliphatic hydroxyl groups is 3. The van der Waals surface area contributed by atoms with Crippen LogP contribution < -0.4 is 4.74 Å². The molecule has 0 bridgehead atoms. The van der Waals surface area contributed by atoms with E-state index in [1.807, 2.05) is 24.3 Å². The predicted molar refractivity (Wildman–Crippen MR) is 105 cm³/mol. The monoisotopic (exact) mass is 422 g/mol. The van der Waals surface area contributed by atoms with Crippen molar-refractivity contribution < 1.29 is 34.3 Å². The van der Waals surface area contributed by atoms with Gasteiger partial charge >= 0.3 is 5.97 Å². The van der Waals surface area contributed by atoms with Gasteiger partial charge < -0.3 is 29.5 Å². The summed E-state index contributed by atoms with van der Waals surface area (Å²) in [4.78, 5) is 11.9. The van der Waals surface area contributed by atoms with Crippen molar-refractivity contribution >= 4 is 17.6 Å². The highest BCUT2D eigenvalue weighted by Gasteiger charge is 2.47. The highest BCUT2D eigenvalue weighted by molar-refractivity contribution is 6.31. The topological polar surface area (TPSA) is 105 Å². The van der Waals surface area contributed by atoms with Gasteiger partial charge in [0.2, 0.25) is 0 Å². The van der Waals surface area contributed by atoms with Crippen LogP contribution in [0.3, 0.4) is 0 Å². The van der Waals surface area contributed by atoms with E-state index in [0.29, 0.717) is 17.0 Å². The van der Waals surface area contributed by atoms with E-state index in [4.69, 9.17) is 21.1 Å². The van der Waals surface area contributed by atoms with Crippen LogP contribution >= 0.6 is 11.6 Å². The Kier molecular flexibility index (Phi) is 6.77. The van der Waals surface area contributed by atoms with Crippen LogP contribution in [0.2, 0.25) is 5.02 Å². The largest absolute Gasteiger partial charge is 0.497 e. The Hall–Kier alpha value is -2.16. The number of halogens is 1. The molecule has 8 heteroatoms. The Labute approximate surface area is 173 Å². The summed E-state index contributed by atoms with van der Waals surface area (Å²) in [7, 11) is 2.75. The molecule has 3 rings (SSSR count). The number of ether oxygens (including phenoxy) is 3. The molecule has 156 valence electrons. The summed E-state index contributed by atoms with van der Waals surface area (Å²) in [5, 5.41) is 31.2. The molecule has 0 saturated carbocycles. The van der Waals surface area contributed by atoms with Crippen molar-refractivity contribution in [3.8, 4) is 5.75 Å².